The van der Waals surface area contributed by atoms with Crippen LogP contribution < -0.4 is 5.32 Å². The lowest BCUT2D eigenvalue weighted by atomic mass is 10.2. The molecule has 0 saturated heterocycles. The fourth-order valence-corrected chi connectivity index (χ4v) is 1.88. The van der Waals surface area contributed by atoms with Crippen LogP contribution in [0, 0.1) is 0 Å². The molecule has 0 aliphatic heterocycles. The van der Waals surface area contributed by atoms with Crippen LogP contribution in [0.5, 0.6) is 0 Å². The number of nitrogens with zero attached hydrogens (tertiary/aromatic N) is 2. The van der Waals surface area contributed by atoms with Crippen molar-refractivity contribution in [3.63, 3.8) is 0 Å². The Bertz CT molecular complexity index is 381. The minimum absolute atomic E-state index is 0.249. The van der Waals surface area contributed by atoms with Gasteiger partial charge in [-0.25, -0.2) is 9.78 Å². The van der Waals surface area contributed by atoms with Crippen molar-refractivity contribution >= 4 is 23.6 Å². The summed E-state index contributed by atoms with van der Waals surface area (Å²) in [4.78, 5) is 26.4. The molecule has 1 rings (SSSR count). The van der Waals surface area contributed by atoms with Gasteiger partial charge >= 0.3 is 5.97 Å². The molecular weight excluding hydrogens is 254 g/mol. The normalized spacial score (nSPS) is 12.1. The molecule has 0 unspecified atom stereocenters. The second kappa shape index (κ2) is 7.75. The first-order chi connectivity index (χ1) is 8.63. The van der Waals surface area contributed by atoms with Crippen LogP contribution in [0.1, 0.15) is 12.8 Å². The van der Waals surface area contributed by atoms with Crippen molar-refractivity contribution in [1.29, 1.82) is 0 Å². The molecule has 6 nitrogen and oxygen atoms in total. The number of carboxylic acids is 1. The number of hydrogen-bond acceptors (Lipinski definition) is 4. The highest BCUT2D eigenvalue weighted by molar-refractivity contribution is 7.98. The number of aromatic nitrogens is 2. The average Bonchev–Trinajstić information content (AvgIpc) is 2.84. The molecule has 18 heavy (non-hydrogen) atoms. The van der Waals surface area contributed by atoms with E-state index in [0.29, 0.717) is 18.7 Å². The maximum atomic E-state index is 11.6. The van der Waals surface area contributed by atoms with Gasteiger partial charge in [0.25, 0.3) is 0 Å². The zero-order chi connectivity index (χ0) is 13.4. The summed E-state index contributed by atoms with van der Waals surface area (Å²) in [5, 5.41) is 11.5. The van der Waals surface area contributed by atoms with Crippen molar-refractivity contribution in [3.05, 3.63) is 18.7 Å². The molecule has 0 radical (unpaired) electrons. The van der Waals surface area contributed by atoms with Gasteiger partial charge < -0.3 is 15.0 Å². The molecule has 0 fully saturated rings. The van der Waals surface area contributed by atoms with E-state index in [-0.39, 0.29) is 12.3 Å². The number of carbonyl (C=O) groups excluding carboxylic acids is 1. The molecule has 1 heterocycles. The fourth-order valence-electron chi connectivity index (χ4n) is 1.41. The smallest absolute Gasteiger partial charge is 0.326 e. The fraction of sp³-hybridized carbons (Fsp3) is 0.545. The first-order valence-corrected chi connectivity index (χ1v) is 6.99. The van der Waals surface area contributed by atoms with Crippen molar-refractivity contribution in [3.8, 4) is 0 Å². The van der Waals surface area contributed by atoms with Crippen LogP contribution in [0.3, 0.4) is 0 Å². The zero-order valence-electron chi connectivity index (χ0n) is 10.2. The van der Waals surface area contributed by atoms with Gasteiger partial charge in [-0.2, -0.15) is 11.8 Å². The molecule has 1 aromatic rings. The van der Waals surface area contributed by atoms with E-state index in [0.717, 1.165) is 0 Å². The van der Waals surface area contributed by atoms with Gasteiger partial charge in [-0.1, -0.05) is 0 Å². The Hall–Kier alpha value is -1.50. The Kier molecular flexibility index (Phi) is 6.27. The standard InChI is InChI=1S/C11H17N3O3S/c1-18-7-3-9(11(16)17)13-10(15)2-5-14-6-4-12-8-14/h4,6,8-9H,2-3,5,7H2,1H3,(H,13,15)(H,16,17)/t9-/m1/s1. The van der Waals surface area contributed by atoms with Crippen molar-refractivity contribution < 1.29 is 14.7 Å². The summed E-state index contributed by atoms with van der Waals surface area (Å²) < 4.78 is 1.78. The van der Waals surface area contributed by atoms with Crippen LogP contribution in [0.25, 0.3) is 0 Å². The molecule has 0 bridgehead atoms. The summed E-state index contributed by atoms with van der Waals surface area (Å²) in [5.74, 6) is -0.532. The number of aryl methyl sites for hydroxylation is 1. The molecule has 100 valence electrons. The topological polar surface area (TPSA) is 84.2 Å². The van der Waals surface area contributed by atoms with E-state index in [2.05, 4.69) is 10.3 Å². The number of rotatable bonds is 8. The number of hydrogen-bond donors (Lipinski definition) is 2. The van der Waals surface area contributed by atoms with E-state index in [4.69, 9.17) is 5.11 Å². The highest BCUT2D eigenvalue weighted by atomic mass is 32.2. The molecule has 0 spiro atoms. The summed E-state index contributed by atoms with van der Waals surface area (Å²) in [5.41, 5.74) is 0. The molecule has 2 N–H and O–H groups in total. The summed E-state index contributed by atoms with van der Waals surface area (Å²) in [6.07, 6.45) is 7.61. The van der Waals surface area contributed by atoms with Gasteiger partial charge in [-0.3, -0.25) is 4.79 Å². The van der Waals surface area contributed by atoms with Crippen LogP contribution in [0.2, 0.25) is 0 Å². The molecule has 7 heteroatoms. The monoisotopic (exact) mass is 271 g/mol. The Balaban J connectivity index is 2.34. The highest BCUT2D eigenvalue weighted by Crippen LogP contribution is 2.01. The third kappa shape index (κ3) is 5.22. The predicted molar refractivity (Wildman–Crippen MR) is 69.4 cm³/mol. The molecule has 0 aliphatic carbocycles. The maximum absolute atomic E-state index is 11.6. The Labute approximate surface area is 110 Å². The number of carboxylic acid groups (broad SMARTS) is 1. The summed E-state index contributed by atoms with van der Waals surface area (Å²) in [6, 6.07) is -0.798. The quantitative estimate of drug-likeness (QED) is 0.723. The van der Waals surface area contributed by atoms with Crippen molar-refractivity contribution in [1.82, 2.24) is 14.9 Å². The molecule has 1 amide bonds. The summed E-state index contributed by atoms with van der Waals surface area (Å²) in [7, 11) is 0. The van der Waals surface area contributed by atoms with Gasteiger partial charge in [0, 0.05) is 25.4 Å². The molecule has 1 atom stereocenters. The van der Waals surface area contributed by atoms with Crippen LogP contribution in [-0.4, -0.2) is 44.6 Å². The third-order valence-corrected chi connectivity index (χ3v) is 3.04. The second-order valence-electron chi connectivity index (χ2n) is 3.79. The average molecular weight is 271 g/mol. The lowest BCUT2D eigenvalue weighted by Crippen LogP contribution is -2.41. The van der Waals surface area contributed by atoms with Crippen LogP contribution in [0.4, 0.5) is 0 Å². The van der Waals surface area contributed by atoms with Gasteiger partial charge in [0.1, 0.15) is 6.04 Å². The van der Waals surface area contributed by atoms with Gasteiger partial charge in [0.05, 0.1) is 6.33 Å². The van der Waals surface area contributed by atoms with Crippen LogP contribution in [-0.2, 0) is 16.1 Å². The number of nitrogens with one attached hydrogen (secondary N) is 1. The molecule has 1 aromatic heterocycles. The molecular formula is C11H17N3O3S. The van der Waals surface area contributed by atoms with E-state index in [1.165, 1.54) is 0 Å². The van der Waals surface area contributed by atoms with Crippen LogP contribution >= 0.6 is 11.8 Å². The van der Waals surface area contributed by atoms with Gasteiger partial charge in [0.2, 0.25) is 5.91 Å². The first-order valence-electron chi connectivity index (χ1n) is 5.60. The lowest BCUT2D eigenvalue weighted by Gasteiger charge is -2.13. The van der Waals surface area contributed by atoms with Crippen LogP contribution in [0.15, 0.2) is 18.7 Å². The summed E-state index contributed by atoms with van der Waals surface area (Å²) >= 11 is 1.56. The number of imidazole rings is 1. The second-order valence-corrected chi connectivity index (χ2v) is 4.78. The van der Waals surface area contributed by atoms with Gasteiger partial charge in [0.15, 0.2) is 0 Å². The first kappa shape index (κ1) is 14.6. The number of aliphatic carboxylic acids is 1. The van der Waals surface area contributed by atoms with E-state index in [1.54, 1.807) is 35.0 Å². The lowest BCUT2D eigenvalue weighted by molar-refractivity contribution is -0.141. The Morgan fingerprint density at radius 1 is 1.56 bits per heavy atom. The Morgan fingerprint density at radius 2 is 2.33 bits per heavy atom. The van der Waals surface area contributed by atoms with Crippen molar-refractivity contribution in [2.75, 3.05) is 12.0 Å². The van der Waals surface area contributed by atoms with E-state index in [1.807, 2.05) is 6.26 Å². The predicted octanol–water partition coefficient (Wildman–Crippen LogP) is 0.596. The largest absolute Gasteiger partial charge is 0.480 e. The van der Waals surface area contributed by atoms with E-state index < -0.39 is 12.0 Å². The third-order valence-electron chi connectivity index (χ3n) is 2.40. The zero-order valence-corrected chi connectivity index (χ0v) is 11.0. The van der Waals surface area contributed by atoms with E-state index in [9.17, 15) is 9.59 Å². The van der Waals surface area contributed by atoms with E-state index >= 15 is 0 Å². The van der Waals surface area contributed by atoms with Gasteiger partial charge in [-0.05, 0) is 18.4 Å². The maximum Gasteiger partial charge on any atom is 0.326 e. The molecule has 0 aliphatic rings. The molecule has 0 saturated carbocycles. The minimum Gasteiger partial charge on any atom is -0.480 e. The SMILES string of the molecule is CSCC[C@@H](NC(=O)CCn1ccnc1)C(=O)O. The van der Waals surface area contributed by atoms with Gasteiger partial charge in [-0.15, -0.1) is 0 Å². The number of amides is 1. The number of thioether (sulfide) groups is 1. The highest BCUT2D eigenvalue weighted by Gasteiger charge is 2.18. The number of carbonyl (C=O) groups is 2. The molecule has 0 aromatic carbocycles. The van der Waals surface area contributed by atoms with Crippen molar-refractivity contribution in [2.24, 2.45) is 0 Å². The minimum atomic E-state index is -0.986. The summed E-state index contributed by atoms with van der Waals surface area (Å²) in [6.45, 7) is 0.501. The van der Waals surface area contributed by atoms with Crippen molar-refractivity contribution in [2.45, 2.75) is 25.4 Å². The Morgan fingerprint density at radius 3 is 2.89 bits per heavy atom.